The molecule has 1 aliphatic rings. The second-order valence-corrected chi connectivity index (χ2v) is 7.69. The lowest BCUT2D eigenvalue weighted by Crippen LogP contribution is -2.49. The molecule has 0 radical (unpaired) electrons. The summed E-state index contributed by atoms with van der Waals surface area (Å²) in [6.07, 6.45) is 1.49. The average Bonchev–Trinajstić information content (AvgIpc) is 3.54. The molecule has 2 atom stereocenters. The Morgan fingerprint density at radius 2 is 2.03 bits per heavy atom. The molecule has 32 heavy (non-hydrogen) atoms. The van der Waals surface area contributed by atoms with Crippen LogP contribution in [-0.4, -0.2) is 46.9 Å². The number of hydrogen-bond donors (Lipinski definition) is 2. The molecule has 2 unspecified atom stereocenters. The molecule has 0 aliphatic carbocycles. The molecule has 4 rings (SSSR count). The molecule has 2 N–H and O–H groups in total. The molecular formula is C21H18N4O6S. The number of rotatable bonds is 7. The lowest BCUT2D eigenvalue weighted by molar-refractivity contribution is -0.134. The fraction of sp³-hybridized carbons (Fsp3) is 0.190. The number of nitrogens with zero attached hydrogens (tertiary/aromatic N) is 2. The van der Waals surface area contributed by atoms with E-state index in [4.69, 9.17) is 4.42 Å². The van der Waals surface area contributed by atoms with E-state index in [2.05, 4.69) is 20.4 Å². The number of carbonyl (C=O) groups excluding carboxylic acids is 4. The number of anilines is 1. The molecule has 3 aromatic rings. The summed E-state index contributed by atoms with van der Waals surface area (Å²) >= 11 is 1.03. The molecule has 2 aromatic heterocycles. The SMILES string of the molecule is COC(=O)c1csc(NC(=O)C(Cc2ccccc2)N2C(=O)NC(c3ccco3)C2=O)n1. The Morgan fingerprint density at radius 1 is 1.25 bits per heavy atom. The summed E-state index contributed by atoms with van der Waals surface area (Å²) in [5.41, 5.74) is 0.796. The van der Waals surface area contributed by atoms with Gasteiger partial charge < -0.3 is 19.8 Å². The number of aromatic nitrogens is 1. The summed E-state index contributed by atoms with van der Waals surface area (Å²) in [6, 6.07) is 9.30. The normalized spacial score (nSPS) is 16.5. The van der Waals surface area contributed by atoms with Gasteiger partial charge in [-0.05, 0) is 17.7 Å². The number of furan rings is 1. The number of methoxy groups -OCH3 is 1. The minimum Gasteiger partial charge on any atom is -0.467 e. The van der Waals surface area contributed by atoms with Crippen LogP contribution in [0.25, 0.3) is 0 Å². The first kappa shape index (κ1) is 21.2. The Balaban J connectivity index is 1.60. The molecule has 1 aliphatic heterocycles. The van der Waals surface area contributed by atoms with Crippen LogP contribution >= 0.6 is 11.3 Å². The van der Waals surface area contributed by atoms with Crippen LogP contribution in [0.15, 0.2) is 58.5 Å². The number of thiazole rings is 1. The summed E-state index contributed by atoms with van der Waals surface area (Å²) in [5, 5.41) is 6.73. The second kappa shape index (κ2) is 9.02. The van der Waals surface area contributed by atoms with Gasteiger partial charge in [0.25, 0.3) is 5.91 Å². The first-order valence-electron chi connectivity index (χ1n) is 9.53. The van der Waals surface area contributed by atoms with Crippen molar-refractivity contribution >= 4 is 40.3 Å². The maximum Gasteiger partial charge on any atom is 0.357 e. The molecule has 4 amide bonds. The van der Waals surface area contributed by atoms with E-state index in [1.54, 1.807) is 36.4 Å². The van der Waals surface area contributed by atoms with Gasteiger partial charge in [-0.1, -0.05) is 30.3 Å². The predicted octanol–water partition coefficient (Wildman–Crippen LogP) is 2.37. The number of nitrogens with one attached hydrogen (secondary N) is 2. The Hall–Kier alpha value is -3.99. The van der Waals surface area contributed by atoms with E-state index in [1.165, 1.54) is 18.8 Å². The van der Waals surface area contributed by atoms with Crippen LogP contribution in [0.1, 0.15) is 27.9 Å². The van der Waals surface area contributed by atoms with Gasteiger partial charge >= 0.3 is 12.0 Å². The van der Waals surface area contributed by atoms with Crippen LogP contribution in [0, 0.1) is 0 Å². The molecule has 0 bridgehead atoms. The Morgan fingerprint density at radius 3 is 2.72 bits per heavy atom. The van der Waals surface area contributed by atoms with Gasteiger partial charge in [0.1, 0.15) is 11.8 Å². The fourth-order valence-electron chi connectivity index (χ4n) is 3.29. The van der Waals surface area contributed by atoms with Gasteiger partial charge in [-0.3, -0.25) is 9.59 Å². The zero-order chi connectivity index (χ0) is 22.7. The highest BCUT2D eigenvalue weighted by molar-refractivity contribution is 7.14. The zero-order valence-electron chi connectivity index (χ0n) is 16.8. The van der Waals surface area contributed by atoms with Gasteiger partial charge in [0, 0.05) is 11.8 Å². The van der Waals surface area contributed by atoms with Crippen molar-refractivity contribution < 1.29 is 28.3 Å². The highest BCUT2D eigenvalue weighted by atomic mass is 32.1. The molecule has 11 heteroatoms. The van der Waals surface area contributed by atoms with Crippen molar-refractivity contribution in [2.75, 3.05) is 12.4 Å². The molecule has 1 saturated heterocycles. The number of hydrogen-bond acceptors (Lipinski definition) is 8. The predicted molar refractivity (Wildman–Crippen MR) is 113 cm³/mol. The summed E-state index contributed by atoms with van der Waals surface area (Å²) in [5.74, 6) is -1.59. The van der Waals surface area contributed by atoms with E-state index >= 15 is 0 Å². The van der Waals surface area contributed by atoms with E-state index < -0.39 is 35.9 Å². The summed E-state index contributed by atoms with van der Waals surface area (Å²) in [7, 11) is 1.23. The van der Waals surface area contributed by atoms with Crippen molar-refractivity contribution in [2.45, 2.75) is 18.5 Å². The summed E-state index contributed by atoms with van der Waals surface area (Å²) in [4.78, 5) is 55.5. The lowest BCUT2D eigenvalue weighted by atomic mass is 10.0. The molecule has 1 fully saturated rings. The number of carbonyl (C=O) groups is 4. The second-order valence-electron chi connectivity index (χ2n) is 6.83. The van der Waals surface area contributed by atoms with E-state index in [9.17, 15) is 19.2 Å². The van der Waals surface area contributed by atoms with E-state index in [1.807, 2.05) is 6.07 Å². The highest BCUT2D eigenvalue weighted by Crippen LogP contribution is 2.26. The number of benzene rings is 1. The van der Waals surface area contributed by atoms with Crippen LogP contribution in [0.3, 0.4) is 0 Å². The minimum absolute atomic E-state index is 0.0419. The standard InChI is InChI=1S/C21H18N4O6S/c1-30-19(28)13-11-32-20(22-13)24-17(26)14(10-12-6-3-2-4-7-12)25-18(27)16(23-21(25)29)15-8-5-9-31-15/h2-9,11,14,16H,10H2,1H3,(H,23,29)(H,22,24,26). The highest BCUT2D eigenvalue weighted by Gasteiger charge is 2.46. The fourth-order valence-corrected chi connectivity index (χ4v) is 3.98. The number of amides is 4. The van der Waals surface area contributed by atoms with Crippen LogP contribution in [-0.2, 0) is 20.7 Å². The van der Waals surface area contributed by atoms with Gasteiger partial charge in [0.05, 0.1) is 13.4 Å². The smallest absolute Gasteiger partial charge is 0.357 e. The first-order valence-corrected chi connectivity index (χ1v) is 10.4. The van der Waals surface area contributed by atoms with Crippen molar-refractivity contribution in [3.05, 3.63) is 71.1 Å². The largest absolute Gasteiger partial charge is 0.467 e. The molecule has 1 aromatic carbocycles. The van der Waals surface area contributed by atoms with Crippen LogP contribution in [0.5, 0.6) is 0 Å². The maximum absolute atomic E-state index is 13.2. The monoisotopic (exact) mass is 454 g/mol. The molecular weight excluding hydrogens is 436 g/mol. The van der Waals surface area contributed by atoms with Crippen LogP contribution < -0.4 is 10.6 Å². The maximum atomic E-state index is 13.2. The third-order valence-corrected chi connectivity index (χ3v) is 5.57. The van der Waals surface area contributed by atoms with Gasteiger partial charge in [-0.2, -0.15) is 0 Å². The Labute approximate surface area is 186 Å². The number of esters is 1. The number of imide groups is 1. The molecule has 0 saturated carbocycles. The third-order valence-electron chi connectivity index (χ3n) is 4.81. The van der Waals surface area contributed by atoms with Crippen molar-refractivity contribution in [2.24, 2.45) is 0 Å². The summed E-state index contributed by atoms with van der Waals surface area (Å²) in [6.45, 7) is 0. The van der Waals surface area contributed by atoms with Crippen molar-refractivity contribution in [3.63, 3.8) is 0 Å². The quantitative estimate of drug-likeness (QED) is 0.414. The van der Waals surface area contributed by atoms with Crippen LogP contribution in [0.4, 0.5) is 9.93 Å². The van der Waals surface area contributed by atoms with Crippen molar-refractivity contribution in [1.82, 2.24) is 15.2 Å². The molecule has 164 valence electrons. The minimum atomic E-state index is -1.16. The molecule has 3 heterocycles. The molecule has 0 spiro atoms. The van der Waals surface area contributed by atoms with Crippen LogP contribution in [0.2, 0.25) is 0 Å². The first-order chi connectivity index (χ1) is 15.5. The van der Waals surface area contributed by atoms with E-state index in [0.717, 1.165) is 21.8 Å². The Kier molecular flexibility index (Phi) is 5.99. The van der Waals surface area contributed by atoms with E-state index in [-0.39, 0.29) is 23.0 Å². The van der Waals surface area contributed by atoms with E-state index in [0.29, 0.717) is 0 Å². The van der Waals surface area contributed by atoms with Gasteiger partial charge in [0.15, 0.2) is 16.9 Å². The van der Waals surface area contributed by atoms with Crippen molar-refractivity contribution in [3.8, 4) is 0 Å². The number of urea groups is 1. The zero-order valence-corrected chi connectivity index (χ0v) is 17.6. The lowest BCUT2D eigenvalue weighted by Gasteiger charge is -2.24. The van der Waals surface area contributed by atoms with Crippen molar-refractivity contribution in [1.29, 1.82) is 0 Å². The topological polar surface area (TPSA) is 131 Å². The Bertz CT molecular complexity index is 1140. The van der Waals surface area contributed by atoms with Gasteiger partial charge in [-0.25, -0.2) is 19.5 Å². The van der Waals surface area contributed by atoms with Gasteiger partial charge in [-0.15, -0.1) is 11.3 Å². The molecule has 10 nitrogen and oxygen atoms in total. The average molecular weight is 454 g/mol. The number of ether oxygens (including phenoxy) is 1. The summed E-state index contributed by atoms with van der Waals surface area (Å²) < 4.78 is 9.88. The van der Waals surface area contributed by atoms with Gasteiger partial charge in [0.2, 0.25) is 5.91 Å². The third kappa shape index (κ3) is 4.23.